The third-order valence-electron chi connectivity index (χ3n) is 4.22. The second-order valence-electron chi connectivity index (χ2n) is 5.35. The number of carbonyl (C=O) groups is 1. The van der Waals surface area contributed by atoms with Crippen LogP contribution >= 0.6 is 11.3 Å². The fourth-order valence-electron chi connectivity index (χ4n) is 3.39. The van der Waals surface area contributed by atoms with Crippen LogP contribution in [0.15, 0.2) is 5.38 Å². The molecule has 0 spiro atoms. The van der Waals surface area contributed by atoms with Crippen LogP contribution in [-0.2, 0) is 11.2 Å². The molecule has 2 aliphatic carbocycles. The van der Waals surface area contributed by atoms with E-state index in [1.807, 2.05) is 5.38 Å². The molecule has 2 saturated carbocycles. The number of aryl methyl sites for hydroxylation is 1. The van der Waals surface area contributed by atoms with Crippen LogP contribution in [0.25, 0.3) is 0 Å². The van der Waals surface area contributed by atoms with Gasteiger partial charge in [-0.3, -0.25) is 4.79 Å². The second kappa shape index (κ2) is 4.41. The van der Waals surface area contributed by atoms with E-state index >= 15 is 0 Å². The second-order valence-corrected chi connectivity index (χ2v) is 6.24. The minimum atomic E-state index is -0.737. The van der Waals surface area contributed by atoms with E-state index in [4.69, 9.17) is 5.11 Å². The molecular formula is C13H17NO2S. The lowest BCUT2D eigenvalue weighted by molar-refractivity contribution is -0.136. The lowest BCUT2D eigenvalue weighted by Crippen LogP contribution is -2.08. The van der Waals surface area contributed by atoms with Crippen LogP contribution < -0.4 is 0 Å². The molecule has 4 heteroatoms. The molecular weight excluding hydrogens is 234 g/mol. The van der Waals surface area contributed by atoms with E-state index in [2.05, 4.69) is 4.98 Å². The van der Waals surface area contributed by atoms with Gasteiger partial charge in [-0.25, -0.2) is 4.98 Å². The van der Waals surface area contributed by atoms with E-state index in [0.717, 1.165) is 17.5 Å². The number of aromatic nitrogens is 1. The van der Waals surface area contributed by atoms with Crippen LogP contribution in [0, 0.1) is 11.8 Å². The maximum absolute atomic E-state index is 10.5. The number of nitrogens with zero attached hydrogens (tertiary/aromatic N) is 1. The summed E-state index contributed by atoms with van der Waals surface area (Å²) in [5, 5.41) is 12.0. The molecule has 0 amide bonds. The van der Waals surface area contributed by atoms with Crippen LogP contribution in [0.3, 0.4) is 0 Å². The first-order chi connectivity index (χ1) is 8.22. The molecule has 0 saturated heterocycles. The molecule has 17 heavy (non-hydrogen) atoms. The van der Waals surface area contributed by atoms with Gasteiger partial charge in [0.15, 0.2) is 0 Å². The molecule has 1 heterocycles. The quantitative estimate of drug-likeness (QED) is 0.894. The molecule has 3 unspecified atom stereocenters. The van der Waals surface area contributed by atoms with Gasteiger partial charge in [0, 0.05) is 17.7 Å². The zero-order valence-electron chi connectivity index (χ0n) is 9.76. The van der Waals surface area contributed by atoms with Crippen molar-refractivity contribution < 1.29 is 9.90 Å². The van der Waals surface area contributed by atoms with Crippen molar-refractivity contribution in [3.63, 3.8) is 0 Å². The summed E-state index contributed by atoms with van der Waals surface area (Å²) in [6.45, 7) is 0. The fourth-order valence-corrected chi connectivity index (χ4v) is 4.45. The molecule has 0 aromatic carbocycles. The van der Waals surface area contributed by atoms with E-state index < -0.39 is 5.97 Å². The molecule has 3 rings (SSSR count). The van der Waals surface area contributed by atoms with Crippen molar-refractivity contribution in [1.29, 1.82) is 0 Å². The number of carboxylic acid groups (broad SMARTS) is 1. The van der Waals surface area contributed by atoms with E-state index in [-0.39, 0.29) is 6.42 Å². The number of hydrogen-bond donors (Lipinski definition) is 1. The van der Waals surface area contributed by atoms with Crippen LogP contribution in [0.5, 0.6) is 0 Å². The third-order valence-corrected chi connectivity index (χ3v) is 5.25. The van der Waals surface area contributed by atoms with E-state index in [1.54, 1.807) is 11.3 Å². The average Bonchev–Trinajstić information content (AvgIpc) is 3.01. The molecule has 3 nitrogen and oxygen atoms in total. The van der Waals surface area contributed by atoms with E-state index in [9.17, 15) is 4.79 Å². The first-order valence-corrected chi connectivity index (χ1v) is 7.26. The maximum atomic E-state index is 10.5. The summed E-state index contributed by atoms with van der Waals surface area (Å²) in [6, 6.07) is 0. The topological polar surface area (TPSA) is 50.2 Å². The number of aliphatic carboxylic acids is 1. The predicted octanol–water partition coefficient (Wildman–Crippen LogP) is 3.06. The molecule has 92 valence electrons. The Morgan fingerprint density at radius 2 is 2.35 bits per heavy atom. The van der Waals surface area contributed by atoms with Gasteiger partial charge in [0.25, 0.3) is 0 Å². The monoisotopic (exact) mass is 251 g/mol. The largest absolute Gasteiger partial charge is 0.481 e. The molecule has 2 bridgehead atoms. The fraction of sp³-hybridized carbons (Fsp3) is 0.692. The average molecular weight is 251 g/mol. The minimum absolute atomic E-state index is 0.194. The number of thiazole rings is 1. The third kappa shape index (κ3) is 2.23. The maximum Gasteiger partial charge on any atom is 0.303 e. The Labute approximate surface area is 105 Å². The zero-order valence-corrected chi connectivity index (χ0v) is 10.6. The molecule has 1 N–H and O–H groups in total. The first kappa shape index (κ1) is 11.2. The lowest BCUT2D eigenvalue weighted by Gasteiger charge is -2.18. The minimum Gasteiger partial charge on any atom is -0.481 e. The van der Waals surface area contributed by atoms with Gasteiger partial charge in [0.1, 0.15) is 0 Å². The summed E-state index contributed by atoms with van der Waals surface area (Å²) in [5.41, 5.74) is 0.968. The first-order valence-electron chi connectivity index (χ1n) is 6.38. The van der Waals surface area contributed by atoms with Crippen LogP contribution in [0.1, 0.15) is 48.7 Å². The van der Waals surface area contributed by atoms with Crippen molar-refractivity contribution in [3.05, 3.63) is 16.1 Å². The van der Waals surface area contributed by atoms with Gasteiger partial charge in [-0.1, -0.05) is 6.42 Å². The van der Waals surface area contributed by atoms with Gasteiger partial charge >= 0.3 is 5.97 Å². The highest BCUT2D eigenvalue weighted by Gasteiger charge is 2.41. The molecule has 0 radical (unpaired) electrons. The highest BCUT2D eigenvalue weighted by molar-refractivity contribution is 7.09. The molecule has 3 atom stereocenters. The Balaban J connectivity index is 1.66. The van der Waals surface area contributed by atoms with Gasteiger partial charge in [0.2, 0.25) is 0 Å². The normalized spacial score (nSPS) is 30.9. The van der Waals surface area contributed by atoms with Crippen LogP contribution in [0.2, 0.25) is 0 Å². The number of fused-ring (bicyclic) bond motifs is 2. The number of hydrogen-bond acceptors (Lipinski definition) is 3. The summed E-state index contributed by atoms with van der Waals surface area (Å²) in [5.74, 6) is 1.74. The van der Waals surface area contributed by atoms with Gasteiger partial charge in [-0.15, -0.1) is 11.3 Å². The predicted molar refractivity (Wildman–Crippen MR) is 66.3 cm³/mol. The highest BCUT2D eigenvalue weighted by atomic mass is 32.1. The van der Waals surface area contributed by atoms with Crippen LogP contribution in [0.4, 0.5) is 0 Å². The summed E-state index contributed by atoms with van der Waals surface area (Å²) >= 11 is 1.73. The molecule has 1 aromatic heterocycles. The summed E-state index contributed by atoms with van der Waals surface area (Å²) in [4.78, 5) is 15.2. The number of carboxylic acids is 1. The Bertz CT molecular complexity index is 429. The van der Waals surface area contributed by atoms with Crippen LogP contribution in [-0.4, -0.2) is 16.1 Å². The molecule has 2 fully saturated rings. The Morgan fingerprint density at radius 3 is 3.00 bits per heavy atom. The standard InChI is InChI=1S/C13H17NO2S/c15-12(16)4-3-10-7-17-13(14-10)11-6-8-1-2-9(11)5-8/h7-9,11H,1-6H2,(H,15,16). The highest BCUT2D eigenvalue weighted by Crippen LogP contribution is 2.53. The van der Waals surface area contributed by atoms with Crippen molar-refractivity contribution in [2.45, 2.75) is 44.4 Å². The van der Waals surface area contributed by atoms with Crippen molar-refractivity contribution in [3.8, 4) is 0 Å². The Kier molecular flexibility index (Phi) is 2.90. The van der Waals surface area contributed by atoms with E-state index in [0.29, 0.717) is 12.3 Å². The van der Waals surface area contributed by atoms with Crippen molar-refractivity contribution >= 4 is 17.3 Å². The van der Waals surface area contributed by atoms with Crippen molar-refractivity contribution in [2.75, 3.05) is 0 Å². The Hall–Kier alpha value is -0.900. The molecule has 2 aliphatic rings. The van der Waals surface area contributed by atoms with Crippen molar-refractivity contribution in [1.82, 2.24) is 4.98 Å². The summed E-state index contributed by atoms with van der Waals surface area (Å²) in [6.07, 6.45) is 6.27. The Morgan fingerprint density at radius 1 is 1.47 bits per heavy atom. The van der Waals surface area contributed by atoms with Gasteiger partial charge in [0.05, 0.1) is 17.1 Å². The summed E-state index contributed by atoms with van der Waals surface area (Å²) < 4.78 is 0. The lowest BCUT2D eigenvalue weighted by atomic mass is 9.89. The molecule has 0 aliphatic heterocycles. The zero-order chi connectivity index (χ0) is 11.8. The smallest absolute Gasteiger partial charge is 0.303 e. The molecule has 1 aromatic rings. The van der Waals surface area contributed by atoms with Gasteiger partial charge in [-0.2, -0.15) is 0 Å². The number of rotatable bonds is 4. The van der Waals surface area contributed by atoms with Gasteiger partial charge in [-0.05, 0) is 31.1 Å². The summed E-state index contributed by atoms with van der Waals surface area (Å²) in [7, 11) is 0. The van der Waals surface area contributed by atoms with Crippen molar-refractivity contribution in [2.24, 2.45) is 11.8 Å². The van der Waals surface area contributed by atoms with E-state index in [1.165, 1.54) is 30.7 Å². The SMILES string of the molecule is O=C(O)CCc1csc(C2CC3CCC2C3)n1. The van der Waals surface area contributed by atoms with Gasteiger partial charge < -0.3 is 5.11 Å².